The summed E-state index contributed by atoms with van der Waals surface area (Å²) in [4.78, 5) is 17.7. The predicted molar refractivity (Wildman–Crippen MR) is 105 cm³/mol. The van der Waals surface area contributed by atoms with Gasteiger partial charge in [-0.05, 0) is 5.56 Å². The van der Waals surface area contributed by atoms with E-state index in [1.54, 1.807) is 4.57 Å². The Morgan fingerprint density at radius 1 is 0.692 bits per heavy atom. The van der Waals surface area contributed by atoms with Crippen LogP contribution in [0.15, 0.2) is 102 Å². The number of nitrogens with zero attached hydrogens (tertiary/aromatic N) is 2. The maximum absolute atomic E-state index is 13.1. The van der Waals surface area contributed by atoms with Crippen molar-refractivity contribution >= 4 is 0 Å². The average molecular weight is 338 g/mol. The Hall–Kier alpha value is -3.46. The van der Waals surface area contributed by atoms with Crippen LogP contribution < -0.4 is 5.56 Å². The molecule has 0 aliphatic heterocycles. The van der Waals surface area contributed by atoms with Crippen molar-refractivity contribution in [2.45, 2.75) is 6.54 Å². The molecule has 4 rings (SSSR count). The summed E-state index contributed by atoms with van der Waals surface area (Å²) in [6.07, 6.45) is 1.84. The van der Waals surface area contributed by atoms with Gasteiger partial charge in [0, 0.05) is 17.3 Å². The third-order valence-electron chi connectivity index (χ3n) is 4.29. The Kier molecular flexibility index (Phi) is 4.44. The predicted octanol–water partition coefficient (Wildman–Crippen LogP) is 4.63. The van der Waals surface area contributed by atoms with E-state index in [1.807, 2.05) is 97.2 Å². The second-order valence-corrected chi connectivity index (χ2v) is 6.13. The van der Waals surface area contributed by atoms with Gasteiger partial charge in [-0.25, -0.2) is 4.98 Å². The minimum absolute atomic E-state index is 0.0836. The molecule has 0 aliphatic carbocycles. The molecule has 0 aliphatic rings. The molecule has 0 radical (unpaired) electrons. The smallest absolute Gasteiger partial charge is 0.277 e. The summed E-state index contributed by atoms with van der Waals surface area (Å²) in [6, 6.07) is 29.6. The normalized spacial score (nSPS) is 10.6. The SMILES string of the molecule is O=c1c(-c2ccccc2)nc(-c2ccccc2)cn1Cc1ccccc1. The van der Waals surface area contributed by atoms with Crippen LogP contribution in [0.3, 0.4) is 0 Å². The van der Waals surface area contributed by atoms with Crippen molar-refractivity contribution in [1.82, 2.24) is 9.55 Å². The molecule has 0 unspecified atom stereocenters. The summed E-state index contributed by atoms with van der Waals surface area (Å²) in [6.45, 7) is 0.516. The van der Waals surface area contributed by atoms with Crippen molar-refractivity contribution in [2.24, 2.45) is 0 Å². The monoisotopic (exact) mass is 338 g/mol. The Morgan fingerprint density at radius 2 is 1.23 bits per heavy atom. The van der Waals surface area contributed by atoms with Crippen LogP contribution in [0.5, 0.6) is 0 Å². The van der Waals surface area contributed by atoms with Crippen molar-refractivity contribution in [2.75, 3.05) is 0 Å². The summed E-state index contributed by atoms with van der Waals surface area (Å²) in [5.74, 6) is 0. The number of hydrogen-bond acceptors (Lipinski definition) is 2. The minimum atomic E-state index is -0.0836. The van der Waals surface area contributed by atoms with Crippen molar-refractivity contribution in [3.63, 3.8) is 0 Å². The van der Waals surface area contributed by atoms with Gasteiger partial charge in [-0.1, -0.05) is 91.0 Å². The third-order valence-corrected chi connectivity index (χ3v) is 4.29. The van der Waals surface area contributed by atoms with Crippen molar-refractivity contribution in [3.8, 4) is 22.5 Å². The fourth-order valence-corrected chi connectivity index (χ4v) is 2.97. The van der Waals surface area contributed by atoms with Gasteiger partial charge in [-0.15, -0.1) is 0 Å². The number of rotatable bonds is 4. The quantitative estimate of drug-likeness (QED) is 0.544. The maximum Gasteiger partial charge on any atom is 0.277 e. The lowest BCUT2D eigenvalue weighted by Crippen LogP contribution is -2.23. The van der Waals surface area contributed by atoms with Crippen LogP contribution in [-0.4, -0.2) is 9.55 Å². The van der Waals surface area contributed by atoms with E-state index in [2.05, 4.69) is 4.98 Å². The molecule has 0 spiro atoms. The molecule has 126 valence electrons. The van der Waals surface area contributed by atoms with E-state index >= 15 is 0 Å². The van der Waals surface area contributed by atoms with E-state index in [4.69, 9.17) is 0 Å². The first-order chi connectivity index (χ1) is 12.8. The highest BCUT2D eigenvalue weighted by atomic mass is 16.1. The van der Waals surface area contributed by atoms with Gasteiger partial charge in [0.2, 0.25) is 0 Å². The van der Waals surface area contributed by atoms with Gasteiger partial charge in [0.1, 0.15) is 5.69 Å². The zero-order valence-electron chi connectivity index (χ0n) is 14.2. The topological polar surface area (TPSA) is 34.9 Å². The molecule has 0 N–H and O–H groups in total. The van der Waals surface area contributed by atoms with E-state index in [0.29, 0.717) is 12.2 Å². The molecule has 3 aromatic carbocycles. The Morgan fingerprint density at radius 3 is 1.85 bits per heavy atom. The fourth-order valence-electron chi connectivity index (χ4n) is 2.97. The first-order valence-corrected chi connectivity index (χ1v) is 8.57. The summed E-state index contributed by atoms with van der Waals surface area (Å²) >= 11 is 0. The Bertz CT molecular complexity index is 1060. The molecule has 0 amide bonds. The lowest BCUT2D eigenvalue weighted by atomic mass is 10.1. The van der Waals surface area contributed by atoms with Crippen LogP contribution in [0.1, 0.15) is 5.56 Å². The standard InChI is InChI=1S/C23H18N2O/c26-23-22(20-14-8-3-9-15-20)24-21(19-12-6-2-7-13-19)17-25(23)16-18-10-4-1-5-11-18/h1-15,17H,16H2. The molecule has 1 heterocycles. The Labute approximate surface area is 152 Å². The second-order valence-electron chi connectivity index (χ2n) is 6.13. The molecule has 0 fully saturated rings. The van der Waals surface area contributed by atoms with Crippen LogP contribution in [0.4, 0.5) is 0 Å². The van der Waals surface area contributed by atoms with Crippen molar-refractivity contribution < 1.29 is 0 Å². The molecule has 3 nitrogen and oxygen atoms in total. The molecule has 1 aromatic heterocycles. The van der Waals surface area contributed by atoms with E-state index in [1.165, 1.54) is 0 Å². The van der Waals surface area contributed by atoms with Gasteiger partial charge in [0.25, 0.3) is 5.56 Å². The molecular formula is C23H18N2O. The molecule has 26 heavy (non-hydrogen) atoms. The van der Waals surface area contributed by atoms with Crippen LogP contribution >= 0.6 is 0 Å². The van der Waals surface area contributed by atoms with E-state index in [-0.39, 0.29) is 5.56 Å². The first kappa shape index (κ1) is 16.0. The fraction of sp³-hybridized carbons (Fsp3) is 0.0435. The maximum atomic E-state index is 13.1. The third kappa shape index (κ3) is 3.33. The van der Waals surface area contributed by atoms with Crippen LogP contribution in [0.2, 0.25) is 0 Å². The van der Waals surface area contributed by atoms with Crippen LogP contribution in [0.25, 0.3) is 22.5 Å². The lowest BCUT2D eigenvalue weighted by molar-refractivity contribution is 0.753. The number of aromatic nitrogens is 2. The molecule has 0 saturated heterocycles. The van der Waals surface area contributed by atoms with Crippen molar-refractivity contribution in [1.29, 1.82) is 0 Å². The van der Waals surface area contributed by atoms with E-state index < -0.39 is 0 Å². The zero-order chi connectivity index (χ0) is 17.8. The molecule has 0 atom stereocenters. The van der Waals surface area contributed by atoms with E-state index in [9.17, 15) is 4.79 Å². The van der Waals surface area contributed by atoms with Gasteiger partial charge in [-0.3, -0.25) is 4.79 Å². The lowest BCUT2D eigenvalue weighted by Gasteiger charge is -2.12. The van der Waals surface area contributed by atoms with Gasteiger partial charge in [-0.2, -0.15) is 0 Å². The highest BCUT2D eigenvalue weighted by molar-refractivity contribution is 5.64. The summed E-state index contributed by atoms with van der Waals surface area (Å²) in [5, 5.41) is 0. The average Bonchev–Trinajstić information content (AvgIpc) is 2.71. The molecular weight excluding hydrogens is 320 g/mol. The molecule has 0 saturated carbocycles. The van der Waals surface area contributed by atoms with Crippen LogP contribution in [-0.2, 0) is 6.54 Å². The summed E-state index contributed by atoms with van der Waals surface area (Å²) < 4.78 is 1.74. The minimum Gasteiger partial charge on any atom is -0.307 e. The second kappa shape index (κ2) is 7.19. The highest BCUT2D eigenvalue weighted by Gasteiger charge is 2.12. The number of benzene rings is 3. The van der Waals surface area contributed by atoms with E-state index in [0.717, 1.165) is 22.4 Å². The van der Waals surface area contributed by atoms with Gasteiger partial charge in [0.05, 0.1) is 12.2 Å². The summed E-state index contributed by atoms with van der Waals surface area (Å²) in [7, 11) is 0. The molecule has 0 bridgehead atoms. The molecule has 3 heteroatoms. The summed E-state index contributed by atoms with van der Waals surface area (Å²) in [5.41, 5.74) is 4.09. The highest BCUT2D eigenvalue weighted by Crippen LogP contribution is 2.20. The zero-order valence-corrected chi connectivity index (χ0v) is 14.2. The van der Waals surface area contributed by atoms with Crippen molar-refractivity contribution in [3.05, 3.63) is 113 Å². The van der Waals surface area contributed by atoms with Gasteiger partial charge < -0.3 is 4.57 Å². The molecule has 4 aromatic rings. The largest absolute Gasteiger partial charge is 0.307 e. The van der Waals surface area contributed by atoms with Gasteiger partial charge in [0.15, 0.2) is 0 Å². The van der Waals surface area contributed by atoms with Gasteiger partial charge >= 0.3 is 0 Å². The Balaban J connectivity index is 1.89. The van der Waals surface area contributed by atoms with Crippen LogP contribution in [0, 0.1) is 0 Å². The first-order valence-electron chi connectivity index (χ1n) is 8.57. The number of hydrogen-bond donors (Lipinski definition) is 0.